The molecule has 1 aromatic rings. The van der Waals surface area contributed by atoms with Gasteiger partial charge in [0.25, 0.3) is 0 Å². The zero-order valence-corrected chi connectivity index (χ0v) is 12.5. The lowest BCUT2D eigenvalue weighted by Crippen LogP contribution is -2.39. The summed E-state index contributed by atoms with van der Waals surface area (Å²) < 4.78 is 0. The molecule has 20 heavy (non-hydrogen) atoms. The Morgan fingerprint density at radius 3 is 2.20 bits per heavy atom. The molecule has 1 unspecified atom stereocenters. The standard InChI is InChI=1S/C15H23N3O2/c1-10(2)14(16)15(20)17-12-7-5-11(6-8-12)9-13(19)18(3)4/h5-8,10,14H,9,16H2,1-4H3,(H,17,20). The molecule has 1 aromatic carbocycles. The average Bonchev–Trinajstić information content (AvgIpc) is 2.39. The van der Waals surface area contributed by atoms with Crippen molar-refractivity contribution >= 4 is 17.5 Å². The van der Waals surface area contributed by atoms with E-state index in [9.17, 15) is 9.59 Å². The first-order valence-corrected chi connectivity index (χ1v) is 6.66. The van der Waals surface area contributed by atoms with Crippen LogP contribution in [-0.2, 0) is 16.0 Å². The fourth-order valence-electron chi connectivity index (χ4n) is 1.57. The topological polar surface area (TPSA) is 75.4 Å². The second-order valence-corrected chi connectivity index (χ2v) is 5.42. The molecule has 0 radical (unpaired) electrons. The monoisotopic (exact) mass is 277 g/mol. The number of nitrogens with zero attached hydrogens (tertiary/aromatic N) is 1. The van der Waals surface area contributed by atoms with Crippen LogP contribution in [0.2, 0.25) is 0 Å². The maximum Gasteiger partial charge on any atom is 0.241 e. The number of benzene rings is 1. The third kappa shape index (κ3) is 4.66. The van der Waals surface area contributed by atoms with Gasteiger partial charge in [0.15, 0.2) is 0 Å². The molecule has 0 saturated carbocycles. The molecule has 5 heteroatoms. The summed E-state index contributed by atoms with van der Waals surface area (Å²) in [7, 11) is 3.45. The van der Waals surface area contributed by atoms with Crippen molar-refractivity contribution < 1.29 is 9.59 Å². The maximum absolute atomic E-state index is 11.8. The smallest absolute Gasteiger partial charge is 0.241 e. The Balaban J connectivity index is 2.63. The number of hydrogen-bond donors (Lipinski definition) is 2. The lowest BCUT2D eigenvalue weighted by molar-refractivity contribution is -0.128. The number of nitrogens with one attached hydrogen (secondary N) is 1. The highest BCUT2D eigenvalue weighted by Gasteiger charge is 2.17. The second kappa shape index (κ2) is 7.05. The molecular weight excluding hydrogens is 254 g/mol. The lowest BCUT2D eigenvalue weighted by Gasteiger charge is -2.15. The van der Waals surface area contributed by atoms with Crippen LogP contribution in [0, 0.1) is 5.92 Å². The Hall–Kier alpha value is -1.88. The van der Waals surface area contributed by atoms with Gasteiger partial charge in [0, 0.05) is 19.8 Å². The molecular formula is C15H23N3O2. The van der Waals surface area contributed by atoms with E-state index in [1.807, 2.05) is 26.0 Å². The van der Waals surface area contributed by atoms with Crippen molar-refractivity contribution in [2.75, 3.05) is 19.4 Å². The van der Waals surface area contributed by atoms with E-state index in [0.29, 0.717) is 12.1 Å². The van der Waals surface area contributed by atoms with Crippen LogP contribution in [-0.4, -0.2) is 36.9 Å². The molecule has 3 N–H and O–H groups in total. The van der Waals surface area contributed by atoms with Crippen molar-refractivity contribution in [3.63, 3.8) is 0 Å². The summed E-state index contributed by atoms with van der Waals surface area (Å²) >= 11 is 0. The summed E-state index contributed by atoms with van der Waals surface area (Å²) in [4.78, 5) is 24.9. The third-order valence-corrected chi connectivity index (χ3v) is 3.10. The molecule has 0 heterocycles. The summed E-state index contributed by atoms with van der Waals surface area (Å²) in [5, 5.41) is 2.77. The number of likely N-dealkylation sites (N-methyl/N-ethyl adjacent to an activating group) is 1. The minimum atomic E-state index is -0.523. The van der Waals surface area contributed by atoms with Crippen LogP contribution in [0.4, 0.5) is 5.69 Å². The molecule has 0 aliphatic carbocycles. The predicted octanol–water partition coefficient (Wildman–Crippen LogP) is 1.24. The summed E-state index contributed by atoms with van der Waals surface area (Å²) in [6, 6.07) is 6.70. The van der Waals surface area contributed by atoms with Crippen LogP contribution in [0.5, 0.6) is 0 Å². The zero-order valence-electron chi connectivity index (χ0n) is 12.5. The highest BCUT2D eigenvalue weighted by Crippen LogP contribution is 2.12. The fraction of sp³-hybridized carbons (Fsp3) is 0.467. The molecule has 0 bridgehead atoms. The first kappa shape index (κ1) is 16.2. The van der Waals surface area contributed by atoms with Gasteiger partial charge >= 0.3 is 0 Å². The molecule has 5 nitrogen and oxygen atoms in total. The summed E-state index contributed by atoms with van der Waals surface area (Å²) in [6.07, 6.45) is 0.354. The molecule has 110 valence electrons. The Morgan fingerprint density at radius 1 is 1.20 bits per heavy atom. The van der Waals surface area contributed by atoms with Crippen LogP contribution in [0.1, 0.15) is 19.4 Å². The Kier molecular flexibility index (Phi) is 5.70. The summed E-state index contributed by atoms with van der Waals surface area (Å²) in [6.45, 7) is 3.81. The van der Waals surface area contributed by atoms with E-state index in [0.717, 1.165) is 5.56 Å². The first-order chi connectivity index (χ1) is 9.31. The van der Waals surface area contributed by atoms with E-state index >= 15 is 0 Å². The number of amides is 2. The van der Waals surface area contributed by atoms with Gasteiger partial charge in [0.05, 0.1) is 12.5 Å². The minimum absolute atomic E-state index is 0.0450. The molecule has 1 rings (SSSR count). The molecule has 0 saturated heterocycles. The zero-order chi connectivity index (χ0) is 15.3. The lowest BCUT2D eigenvalue weighted by atomic mass is 10.0. The minimum Gasteiger partial charge on any atom is -0.349 e. The predicted molar refractivity (Wildman–Crippen MR) is 80.3 cm³/mol. The molecule has 1 atom stereocenters. The highest BCUT2D eigenvalue weighted by atomic mass is 16.2. The molecule has 0 aromatic heterocycles. The van der Waals surface area contributed by atoms with Gasteiger partial charge in [-0.1, -0.05) is 26.0 Å². The Morgan fingerprint density at radius 2 is 1.75 bits per heavy atom. The Labute approximate surface area is 120 Å². The molecule has 0 fully saturated rings. The third-order valence-electron chi connectivity index (χ3n) is 3.10. The number of hydrogen-bond acceptors (Lipinski definition) is 3. The quantitative estimate of drug-likeness (QED) is 0.850. The first-order valence-electron chi connectivity index (χ1n) is 6.66. The highest BCUT2D eigenvalue weighted by molar-refractivity contribution is 5.94. The van der Waals surface area contributed by atoms with Gasteiger partial charge in [0.1, 0.15) is 0 Å². The van der Waals surface area contributed by atoms with E-state index < -0.39 is 6.04 Å². The summed E-state index contributed by atoms with van der Waals surface area (Å²) in [5.41, 5.74) is 7.37. The van der Waals surface area contributed by atoms with Crippen molar-refractivity contribution in [1.82, 2.24) is 4.90 Å². The van der Waals surface area contributed by atoms with Gasteiger partial charge in [-0.05, 0) is 23.6 Å². The number of nitrogens with two attached hydrogens (primary N) is 1. The molecule has 0 aliphatic rings. The van der Waals surface area contributed by atoms with Crippen molar-refractivity contribution in [1.29, 1.82) is 0 Å². The van der Waals surface area contributed by atoms with Crippen molar-refractivity contribution in [2.45, 2.75) is 26.3 Å². The Bertz CT molecular complexity index is 467. The molecule has 0 aliphatic heterocycles. The van der Waals surface area contributed by atoms with E-state index in [1.54, 1.807) is 31.1 Å². The van der Waals surface area contributed by atoms with E-state index in [4.69, 9.17) is 5.73 Å². The van der Waals surface area contributed by atoms with Crippen molar-refractivity contribution in [3.8, 4) is 0 Å². The van der Waals surface area contributed by atoms with Crippen LogP contribution >= 0.6 is 0 Å². The largest absolute Gasteiger partial charge is 0.349 e. The van der Waals surface area contributed by atoms with Gasteiger partial charge in [-0.3, -0.25) is 9.59 Å². The van der Waals surface area contributed by atoms with Crippen LogP contribution in [0.25, 0.3) is 0 Å². The van der Waals surface area contributed by atoms with Gasteiger partial charge in [-0.15, -0.1) is 0 Å². The van der Waals surface area contributed by atoms with Gasteiger partial charge in [-0.2, -0.15) is 0 Å². The van der Waals surface area contributed by atoms with Crippen LogP contribution in [0.3, 0.4) is 0 Å². The fourth-order valence-corrected chi connectivity index (χ4v) is 1.57. The van der Waals surface area contributed by atoms with E-state index in [1.165, 1.54) is 0 Å². The summed E-state index contributed by atoms with van der Waals surface area (Å²) in [5.74, 6) is -0.0623. The van der Waals surface area contributed by atoms with Gasteiger partial charge < -0.3 is 16.0 Å². The normalized spacial score (nSPS) is 12.1. The van der Waals surface area contributed by atoms with E-state index in [-0.39, 0.29) is 17.7 Å². The van der Waals surface area contributed by atoms with Crippen LogP contribution < -0.4 is 11.1 Å². The average molecular weight is 277 g/mol. The van der Waals surface area contributed by atoms with E-state index in [2.05, 4.69) is 5.32 Å². The number of rotatable bonds is 5. The molecule has 0 spiro atoms. The number of anilines is 1. The van der Waals surface area contributed by atoms with Gasteiger partial charge in [0.2, 0.25) is 11.8 Å². The molecule has 2 amide bonds. The second-order valence-electron chi connectivity index (χ2n) is 5.42. The van der Waals surface area contributed by atoms with Crippen LogP contribution in [0.15, 0.2) is 24.3 Å². The number of carbonyl (C=O) groups excluding carboxylic acids is 2. The van der Waals surface area contributed by atoms with Crippen molar-refractivity contribution in [2.24, 2.45) is 11.7 Å². The SMILES string of the molecule is CC(C)C(N)C(=O)Nc1ccc(CC(=O)N(C)C)cc1. The van der Waals surface area contributed by atoms with Gasteiger partial charge in [-0.25, -0.2) is 0 Å². The number of carbonyl (C=O) groups is 2. The maximum atomic E-state index is 11.8. The van der Waals surface area contributed by atoms with Crippen molar-refractivity contribution in [3.05, 3.63) is 29.8 Å².